The third-order valence-electron chi connectivity index (χ3n) is 9.26. The Morgan fingerprint density at radius 2 is 1.92 bits per heavy atom. The first kappa shape index (κ1) is 33.2. The number of aryl methyl sites for hydroxylation is 1. The average molecular weight is 658 g/mol. The Labute approximate surface area is 278 Å². The Bertz CT molecular complexity index is 1920. The molecule has 2 fully saturated rings. The molecular formula is C36H41F2N7O3. The van der Waals surface area contributed by atoms with Crippen LogP contribution in [0, 0.1) is 24.5 Å². The molecule has 10 nitrogen and oxygen atoms in total. The zero-order valence-electron chi connectivity index (χ0n) is 27.8. The lowest BCUT2D eigenvalue weighted by molar-refractivity contribution is -0.126. The number of carbonyl (C=O) groups excluding carboxylic acids is 1. The first-order valence-corrected chi connectivity index (χ1v) is 16.5. The third kappa shape index (κ3) is 6.28. The van der Waals surface area contributed by atoms with E-state index >= 15 is 8.78 Å². The minimum atomic E-state index is -0.785. The number of nitrogens with one attached hydrogen (secondary N) is 1. The number of ether oxygens (including phenoxy) is 1. The number of aromatic nitrogens is 4. The molecule has 1 amide bonds. The second kappa shape index (κ2) is 13.8. The van der Waals surface area contributed by atoms with Crippen LogP contribution >= 0.6 is 0 Å². The molecule has 2 aliphatic heterocycles. The van der Waals surface area contributed by atoms with Gasteiger partial charge in [0.05, 0.1) is 28.9 Å². The summed E-state index contributed by atoms with van der Waals surface area (Å²) in [5.74, 6) is -1.04. The van der Waals surface area contributed by atoms with Gasteiger partial charge >= 0.3 is 5.69 Å². The zero-order valence-corrected chi connectivity index (χ0v) is 27.8. The molecule has 0 spiro atoms. The molecule has 4 aromatic rings. The van der Waals surface area contributed by atoms with Crippen LogP contribution in [-0.4, -0.2) is 75.7 Å². The summed E-state index contributed by atoms with van der Waals surface area (Å²) in [6.07, 6.45) is 4.80. The molecule has 0 saturated carbocycles. The highest BCUT2D eigenvalue weighted by Gasteiger charge is 2.31. The average Bonchev–Trinajstić information content (AvgIpc) is 3.07. The fourth-order valence-electron chi connectivity index (χ4n) is 6.70. The van der Waals surface area contributed by atoms with Crippen molar-refractivity contribution in [2.45, 2.75) is 52.5 Å². The minimum absolute atomic E-state index is 0.0708. The van der Waals surface area contributed by atoms with Crippen molar-refractivity contribution in [1.29, 1.82) is 0 Å². The third-order valence-corrected chi connectivity index (χ3v) is 9.26. The van der Waals surface area contributed by atoms with E-state index in [4.69, 9.17) is 9.72 Å². The Balaban J connectivity index is 1.56. The lowest BCUT2D eigenvalue weighted by atomic mass is 9.99. The molecule has 0 aliphatic carbocycles. The van der Waals surface area contributed by atoms with Gasteiger partial charge in [0.25, 0.3) is 0 Å². The van der Waals surface area contributed by atoms with Crippen LogP contribution in [0.15, 0.2) is 54.0 Å². The molecule has 0 radical (unpaired) electrons. The van der Waals surface area contributed by atoms with Gasteiger partial charge in [-0.05, 0) is 87.5 Å². The maximum atomic E-state index is 16.4. The second-order valence-electron chi connectivity index (χ2n) is 12.9. The number of amides is 1. The largest absolute Gasteiger partial charge is 0.492 e. The van der Waals surface area contributed by atoms with Crippen molar-refractivity contribution in [1.82, 2.24) is 29.7 Å². The van der Waals surface area contributed by atoms with Gasteiger partial charge in [0.15, 0.2) is 11.5 Å². The number of halogens is 2. The maximum Gasteiger partial charge on any atom is 0.355 e. The number of hydrogen-bond acceptors (Lipinski definition) is 8. The van der Waals surface area contributed by atoms with E-state index in [-0.39, 0.29) is 57.6 Å². The molecule has 2 saturated heterocycles. The number of fused-ring (bicyclic) bond motifs is 1. The highest BCUT2D eigenvalue weighted by Crippen LogP contribution is 2.37. The molecular weight excluding hydrogens is 616 g/mol. The molecule has 6 rings (SSSR count). The second-order valence-corrected chi connectivity index (χ2v) is 12.9. The summed E-state index contributed by atoms with van der Waals surface area (Å²) in [4.78, 5) is 44.0. The van der Waals surface area contributed by atoms with Crippen molar-refractivity contribution in [3.05, 3.63) is 82.6 Å². The van der Waals surface area contributed by atoms with Crippen LogP contribution in [0.1, 0.15) is 50.8 Å². The van der Waals surface area contributed by atoms with Gasteiger partial charge < -0.3 is 19.9 Å². The fourth-order valence-corrected chi connectivity index (χ4v) is 6.70. The van der Waals surface area contributed by atoms with Gasteiger partial charge in [-0.25, -0.2) is 23.1 Å². The van der Waals surface area contributed by atoms with Crippen LogP contribution in [0.4, 0.5) is 14.6 Å². The zero-order chi connectivity index (χ0) is 34.1. The number of hydrogen-bond donors (Lipinski definition) is 1. The van der Waals surface area contributed by atoms with Gasteiger partial charge in [-0.1, -0.05) is 26.5 Å². The van der Waals surface area contributed by atoms with Gasteiger partial charge in [0.1, 0.15) is 23.1 Å². The van der Waals surface area contributed by atoms with E-state index < -0.39 is 17.3 Å². The van der Waals surface area contributed by atoms with Crippen LogP contribution in [0.5, 0.6) is 5.75 Å². The fraction of sp³-hybridized carbons (Fsp3) is 0.417. The van der Waals surface area contributed by atoms with Crippen LogP contribution < -0.4 is 20.6 Å². The lowest BCUT2D eigenvalue weighted by Crippen LogP contribution is -2.54. The van der Waals surface area contributed by atoms with Crippen LogP contribution in [0.25, 0.3) is 28.0 Å². The number of rotatable bonds is 8. The van der Waals surface area contributed by atoms with Gasteiger partial charge in [-0.15, -0.1) is 0 Å². The predicted molar refractivity (Wildman–Crippen MR) is 182 cm³/mol. The first-order chi connectivity index (χ1) is 23.1. The summed E-state index contributed by atoms with van der Waals surface area (Å²) in [6.45, 7) is 14.5. The summed E-state index contributed by atoms with van der Waals surface area (Å²) in [6, 6.07) is 7.19. The van der Waals surface area contributed by atoms with Crippen LogP contribution in [-0.2, 0) is 4.79 Å². The number of piperazine rings is 1. The van der Waals surface area contributed by atoms with Crippen LogP contribution in [0.3, 0.4) is 0 Å². The number of nitrogens with zero attached hydrogens (tertiary/aromatic N) is 6. The molecule has 1 atom stereocenters. The Morgan fingerprint density at radius 3 is 2.62 bits per heavy atom. The van der Waals surface area contributed by atoms with E-state index in [0.717, 1.165) is 31.5 Å². The normalized spacial score (nSPS) is 17.3. The SMILES string of the molecule is C=CC(=O)N1CCN(c2nc(=O)n(-c3c(C)ccnc3C(C)C)c3nc(-c4c(F)cccc4OCC4CCNCC4)c(F)cc23)[C@@H](C)C1. The number of benzene rings is 1. The maximum absolute atomic E-state index is 16.4. The highest BCUT2D eigenvalue weighted by atomic mass is 19.1. The molecule has 1 aromatic carbocycles. The van der Waals surface area contributed by atoms with Crippen molar-refractivity contribution in [2.75, 3.05) is 44.2 Å². The molecule has 3 aromatic heterocycles. The van der Waals surface area contributed by atoms with E-state index in [0.29, 0.717) is 37.6 Å². The minimum Gasteiger partial charge on any atom is -0.492 e. The smallest absolute Gasteiger partial charge is 0.355 e. The van der Waals surface area contributed by atoms with E-state index in [1.807, 2.05) is 32.6 Å². The molecule has 0 bridgehead atoms. The number of pyridine rings is 2. The van der Waals surface area contributed by atoms with Gasteiger partial charge in [-0.3, -0.25) is 9.78 Å². The van der Waals surface area contributed by atoms with Crippen molar-refractivity contribution < 1.29 is 18.3 Å². The van der Waals surface area contributed by atoms with Gasteiger partial charge in [0.2, 0.25) is 5.91 Å². The van der Waals surface area contributed by atoms with Crippen LogP contribution in [0.2, 0.25) is 0 Å². The Morgan fingerprint density at radius 1 is 1.15 bits per heavy atom. The van der Waals surface area contributed by atoms with Crippen molar-refractivity contribution >= 4 is 22.8 Å². The predicted octanol–water partition coefficient (Wildman–Crippen LogP) is 5.15. The summed E-state index contributed by atoms with van der Waals surface area (Å²) in [5, 5.41) is 3.60. The molecule has 2 aliphatic rings. The number of piperidine rings is 1. The number of carbonyl (C=O) groups is 1. The molecule has 12 heteroatoms. The van der Waals surface area contributed by atoms with E-state index in [1.54, 1.807) is 23.2 Å². The Hall–Kier alpha value is -4.71. The van der Waals surface area contributed by atoms with E-state index in [1.165, 1.54) is 28.8 Å². The summed E-state index contributed by atoms with van der Waals surface area (Å²) >= 11 is 0. The Kier molecular flexibility index (Phi) is 9.54. The van der Waals surface area contributed by atoms with Gasteiger partial charge in [-0.2, -0.15) is 4.98 Å². The van der Waals surface area contributed by atoms with Gasteiger partial charge in [0, 0.05) is 31.9 Å². The standard InChI is InChI=1S/C36H41F2N7O3/c1-6-29(46)43-16-17-44(23(5)19-43)34-25-18-27(38)32(30-26(37)8-7-9-28(30)48-20-24-11-13-39-14-12-24)41-35(25)45(36(47)42-34)33-22(4)10-15-40-31(33)21(2)3/h6-10,15,18,21,23-24,39H,1,11-14,16-17,19-20H2,2-5H3/t23-/m0/s1. The summed E-state index contributed by atoms with van der Waals surface area (Å²) < 4.78 is 39.7. The molecule has 252 valence electrons. The number of anilines is 1. The first-order valence-electron chi connectivity index (χ1n) is 16.5. The quantitative estimate of drug-likeness (QED) is 0.260. The topological polar surface area (TPSA) is 105 Å². The molecule has 1 N–H and O–H groups in total. The highest BCUT2D eigenvalue weighted by molar-refractivity contribution is 5.91. The van der Waals surface area contributed by atoms with E-state index in [9.17, 15) is 9.59 Å². The molecule has 48 heavy (non-hydrogen) atoms. The van der Waals surface area contributed by atoms with Crippen molar-refractivity contribution in [2.24, 2.45) is 5.92 Å². The summed E-state index contributed by atoms with van der Waals surface area (Å²) in [5.41, 5.74) is 0.992. The van der Waals surface area contributed by atoms with Crippen molar-refractivity contribution in [3.8, 4) is 22.7 Å². The van der Waals surface area contributed by atoms with E-state index in [2.05, 4.69) is 21.9 Å². The summed E-state index contributed by atoms with van der Waals surface area (Å²) in [7, 11) is 0. The molecule has 0 unspecified atom stereocenters. The monoisotopic (exact) mass is 657 g/mol. The molecule has 5 heterocycles. The lowest BCUT2D eigenvalue weighted by Gasteiger charge is -2.40. The van der Waals surface area contributed by atoms with Crippen molar-refractivity contribution in [3.63, 3.8) is 0 Å².